The predicted molar refractivity (Wildman–Crippen MR) is 127 cm³/mol. The standard InChI is InChI=1S/C26H34FN3O3/c1-4-29(5-2)16-8-15-28-25(31)23-21-9-6-7-10-22(21)26(32)30(17-18-33-3)24(23)19-11-13-20(27)14-12-19/h6-7,9-14,23-24H,4-5,8,15-18H2,1-3H3,(H,28,31)/t23-,24-/m1/s1. The monoisotopic (exact) mass is 455 g/mol. The van der Waals surface area contributed by atoms with Crippen molar-refractivity contribution in [2.75, 3.05) is 46.4 Å². The number of ether oxygens (including phenoxy) is 1. The maximum absolute atomic E-state index is 13.7. The van der Waals surface area contributed by atoms with Crippen molar-refractivity contribution in [3.63, 3.8) is 0 Å². The molecule has 2 amide bonds. The molecule has 1 aliphatic heterocycles. The van der Waals surface area contributed by atoms with Gasteiger partial charge in [0.15, 0.2) is 0 Å². The topological polar surface area (TPSA) is 61.9 Å². The van der Waals surface area contributed by atoms with Gasteiger partial charge in [-0.05, 0) is 55.4 Å². The van der Waals surface area contributed by atoms with Gasteiger partial charge in [0.25, 0.3) is 5.91 Å². The van der Waals surface area contributed by atoms with Crippen molar-refractivity contribution in [1.82, 2.24) is 15.1 Å². The van der Waals surface area contributed by atoms with Crippen LogP contribution in [-0.2, 0) is 9.53 Å². The molecule has 1 heterocycles. The van der Waals surface area contributed by atoms with E-state index in [0.717, 1.165) is 31.6 Å². The van der Waals surface area contributed by atoms with Crippen LogP contribution in [0.25, 0.3) is 0 Å². The molecule has 0 saturated heterocycles. The van der Waals surface area contributed by atoms with Crippen LogP contribution in [0, 0.1) is 5.82 Å². The Morgan fingerprint density at radius 1 is 1.12 bits per heavy atom. The lowest BCUT2D eigenvalue weighted by atomic mass is 9.79. The van der Waals surface area contributed by atoms with E-state index in [0.29, 0.717) is 30.8 Å². The lowest BCUT2D eigenvalue weighted by Crippen LogP contribution is -2.48. The van der Waals surface area contributed by atoms with Crippen LogP contribution >= 0.6 is 0 Å². The fourth-order valence-electron chi connectivity index (χ4n) is 4.51. The quantitative estimate of drug-likeness (QED) is 0.526. The van der Waals surface area contributed by atoms with Crippen LogP contribution in [-0.4, -0.2) is 68.1 Å². The number of rotatable bonds is 11. The fraction of sp³-hybridized carbons (Fsp3) is 0.462. The highest BCUT2D eigenvalue weighted by atomic mass is 19.1. The van der Waals surface area contributed by atoms with Crippen molar-refractivity contribution in [2.45, 2.75) is 32.2 Å². The number of halogens is 1. The number of hydrogen-bond donors (Lipinski definition) is 1. The largest absolute Gasteiger partial charge is 0.383 e. The molecular formula is C26H34FN3O3. The third-order valence-corrected chi connectivity index (χ3v) is 6.31. The van der Waals surface area contributed by atoms with E-state index >= 15 is 0 Å². The molecule has 1 N–H and O–H groups in total. The summed E-state index contributed by atoms with van der Waals surface area (Å²) in [6.45, 7) is 8.33. The summed E-state index contributed by atoms with van der Waals surface area (Å²) in [7, 11) is 1.58. The molecule has 178 valence electrons. The molecule has 6 nitrogen and oxygen atoms in total. The third-order valence-electron chi connectivity index (χ3n) is 6.31. The molecule has 0 fully saturated rings. The van der Waals surface area contributed by atoms with Gasteiger partial charge in [0.1, 0.15) is 5.82 Å². The zero-order valence-corrected chi connectivity index (χ0v) is 19.7. The Hall–Kier alpha value is -2.77. The van der Waals surface area contributed by atoms with Crippen LogP contribution in [0.2, 0.25) is 0 Å². The first-order chi connectivity index (χ1) is 16.0. The van der Waals surface area contributed by atoms with Crippen molar-refractivity contribution < 1.29 is 18.7 Å². The van der Waals surface area contributed by atoms with Gasteiger partial charge < -0.3 is 19.9 Å². The van der Waals surface area contributed by atoms with Crippen molar-refractivity contribution in [1.29, 1.82) is 0 Å². The lowest BCUT2D eigenvalue weighted by molar-refractivity contribution is -0.124. The SMILES string of the molecule is CCN(CC)CCCNC(=O)[C@@H]1c2ccccc2C(=O)N(CCOC)[C@@H]1c1ccc(F)cc1. The molecule has 2 aromatic rings. The summed E-state index contributed by atoms with van der Waals surface area (Å²) >= 11 is 0. The number of methoxy groups -OCH3 is 1. The Kier molecular flexibility index (Phi) is 8.97. The Labute approximate surface area is 195 Å². The third kappa shape index (κ3) is 5.78. The average molecular weight is 456 g/mol. The predicted octanol–water partition coefficient (Wildman–Crippen LogP) is 3.60. The molecule has 0 saturated carbocycles. The van der Waals surface area contributed by atoms with Crippen molar-refractivity contribution in [2.24, 2.45) is 0 Å². The van der Waals surface area contributed by atoms with E-state index in [9.17, 15) is 14.0 Å². The van der Waals surface area contributed by atoms with E-state index in [1.807, 2.05) is 18.2 Å². The number of nitrogens with zero attached hydrogens (tertiary/aromatic N) is 2. The number of amides is 2. The molecule has 0 spiro atoms. The molecule has 0 aliphatic carbocycles. The van der Waals surface area contributed by atoms with Crippen molar-refractivity contribution in [3.05, 3.63) is 71.0 Å². The van der Waals surface area contributed by atoms with E-state index in [1.54, 1.807) is 30.2 Å². The summed E-state index contributed by atoms with van der Waals surface area (Å²) in [5.41, 5.74) is 1.95. The summed E-state index contributed by atoms with van der Waals surface area (Å²) in [6, 6.07) is 12.8. The highest BCUT2D eigenvalue weighted by molar-refractivity contribution is 6.01. The summed E-state index contributed by atoms with van der Waals surface area (Å²) in [6.07, 6.45) is 0.843. The van der Waals surface area contributed by atoms with Crippen molar-refractivity contribution in [3.8, 4) is 0 Å². The number of carbonyl (C=O) groups is 2. The maximum Gasteiger partial charge on any atom is 0.254 e. The van der Waals surface area contributed by atoms with Crippen LogP contribution < -0.4 is 5.32 Å². The second-order valence-corrected chi connectivity index (χ2v) is 8.22. The zero-order chi connectivity index (χ0) is 23.8. The summed E-state index contributed by atoms with van der Waals surface area (Å²) in [5.74, 6) is -1.24. The Morgan fingerprint density at radius 3 is 2.48 bits per heavy atom. The molecule has 1 aliphatic rings. The first kappa shape index (κ1) is 24.9. The minimum Gasteiger partial charge on any atom is -0.383 e. The van der Waals surface area contributed by atoms with Gasteiger partial charge in [-0.2, -0.15) is 0 Å². The molecule has 3 rings (SSSR count). The maximum atomic E-state index is 13.7. The van der Waals surface area contributed by atoms with Crippen LogP contribution in [0.4, 0.5) is 4.39 Å². The smallest absolute Gasteiger partial charge is 0.254 e. The molecule has 33 heavy (non-hydrogen) atoms. The van der Waals surface area contributed by atoms with Crippen LogP contribution in [0.1, 0.15) is 53.7 Å². The first-order valence-corrected chi connectivity index (χ1v) is 11.7. The Morgan fingerprint density at radius 2 is 1.82 bits per heavy atom. The molecule has 2 aromatic carbocycles. The summed E-state index contributed by atoms with van der Waals surface area (Å²) in [4.78, 5) is 30.9. The molecule has 0 radical (unpaired) electrons. The molecule has 7 heteroatoms. The Bertz CT molecular complexity index is 931. The normalized spacial score (nSPS) is 17.8. The van der Waals surface area contributed by atoms with Crippen LogP contribution in [0.3, 0.4) is 0 Å². The molecular weight excluding hydrogens is 421 g/mol. The minimum atomic E-state index is -0.602. The molecule has 0 unspecified atom stereocenters. The van der Waals surface area contributed by atoms with E-state index < -0.39 is 12.0 Å². The van der Waals surface area contributed by atoms with Gasteiger partial charge in [-0.3, -0.25) is 9.59 Å². The lowest BCUT2D eigenvalue weighted by Gasteiger charge is -2.41. The van der Waals surface area contributed by atoms with Crippen LogP contribution in [0.15, 0.2) is 48.5 Å². The second kappa shape index (κ2) is 11.9. The van der Waals surface area contributed by atoms with Gasteiger partial charge in [0, 0.05) is 25.8 Å². The molecule has 0 bridgehead atoms. The second-order valence-electron chi connectivity index (χ2n) is 8.22. The van der Waals surface area contributed by atoms with Gasteiger partial charge in [-0.25, -0.2) is 4.39 Å². The van der Waals surface area contributed by atoms with Gasteiger partial charge >= 0.3 is 0 Å². The van der Waals surface area contributed by atoms with E-state index in [2.05, 4.69) is 24.1 Å². The molecule has 2 atom stereocenters. The van der Waals surface area contributed by atoms with Crippen LogP contribution in [0.5, 0.6) is 0 Å². The van der Waals surface area contributed by atoms with E-state index in [4.69, 9.17) is 4.74 Å². The Balaban J connectivity index is 1.93. The summed E-state index contributed by atoms with van der Waals surface area (Å²) < 4.78 is 18.9. The summed E-state index contributed by atoms with van der Waals surface area (Å²) in [5, 5.41) is 3.09. The molecule has 0 aromatic heterocycles. The van der Waals surface area contributed by atoms with Crippen molar-refractivity contribution >= 4 is 11.8 Å². The first-order valence-electron chi connectivity index (χ1n) is 11.7. The number of hydrogen-bond acceptors (Lipinski definition) is 4. The van der Waals surface area contributed by atoms with Gasteiger partial charge in [0.05, 0.1) is 18.6 Å². The average Bonchev–Trinajstić information content (AvgIpc) is 2.84. The zero-order valence-electron chi connectivity index (χ0n) is 19.7. The van der Waals surface area contributed by atoms with Gasteiger partial charge in [-0.1, -0.05) is 44.2 Å². The van der Waals surface area contributed by atoms with Gasteiger partial charge in [0.2, 0.25) is 5.91 Å². The number of carbonyl (C=O) groups excluding carboxylic acids is 2. The number of nitrogens with one attached hydrogen (secondary N) is 1. The highest BCUT2D eigenvalue weighted by Gasteiger charge is 2.43. The highest BCUT2D eigenvalue weighted by Crippen LogP contribution is 2.42. The van der Waals surface area contributed by atoms with E-state index in [1.165, 1.54) is 12.1 Å². The number of benzene rings is 2. The van der Waals surface area contributed by atoms with Gasteiger partial charge in [-0.15, -0.1) is 0 Å². The fourth-order valence-corrected chi connectivity index (χ4v) is 4.51. The number of fused-ring (bicyclic) bond motifs is 1. The van der Waals surface area contributed by atoms with E-state index in [-0.39, 0.29) is 17.6 Å². The minimum absolute atomic E-state index is 0.133.